The third-order valence-corrected chi connectivity index (χ3v) is 5.06. The minimum absolute atomic E-state index is 0.172. The predicted molar refractivity (Wildman–Crippen MR) is 101 cm³/mol. The van der Waals surface area contributed by atoms with Crippen molar-refractivity contribution in [2.75, 3.05) is 6.54 Å². The molecule has 8 heteroatoms. The van der Waals surface area contributed by atoms with Crippen LogP contribution >= 0.6 is 11.3 Å². The van der Waals surface area contributed by atoms with Gasteiger partial charge < -0.3 is 9.88 Å². The van der Waals surface area contributed by atoms with Crippen LogP contribution in [0.25, 0.3) is 21.1 Å². The van der Waals surface area contributed by atoms with Gasteiger partial charge in [-0.2, -0.15) is 5.10 Å². The number of aromatic nitrogens is 4. The molecule has 132 valence electrons. The average molecular weight is 367 g/mol. The highest BCUT2D eigenvalue weighted by Gasteiger charge is 2.21. The molecule has 4 aromatic rings. The van der Waals surface area contributed by atoms with Crippen LogP contribution in [0.1, 0.15) is 29.7 Å². The van der Waals surface area contributed by atoms with Crippen molar-refractivity contribution < 1.29 is 4.79 Å². The summed E-state index contributed by atoms with van der Waals surface area (Å²) in [6.45, 7) is 2.78. The van der Waals surface area contributed by atoms with Gasteiger partial charge in [0.25, 0.3) is 11.5 Å². The maximum atomic E-state index is 13.0. The molecular formula is C18H17N5O2S. The summed E-state index contributed by atoms with van der Waals surface area (Å²) in [4.78, 5) is 34.1. The summed E-state index contributed by atoms with van der Waals surface area (Å²) in [5.74, 6) is 0.292. The van der Waals surface area contributed by atoms with Crippen molar-refractivity contribution >= 4 is 38.4 Å². The Balaban J connectivity index is 1.68. The van der Waals surface area contributed by atoms with Crippen LogP contribution < -0.4 is 5.56 Å². The van der Waals surface area contributed by atoms with E-state index in [1.165, 1.54) is 11.3 Å². The van der Waals surface area contributed by atoms with E-state index in [1.54, 1.807) is 4.90 Å². The number of nitrogens with one attached hydrogen (secondary N) is 2. The van der Waals surface area contributed by atoms with Gasteiger partial charge in [-0.15, -0.1) is 11.3 Å². The lowest BCUT2D eigenvalue weighted by molar-refractivity contribution is 0.0735. The summed E-state index contributed by atoms with van der Waals surface area (Å²) in [5, 5.41) is 9.70. The number of H-pyrrole nitrogens is 2. The van der Waals surface area contributed by atoms with Crippen molar-refractivity contribution in [1.29, 1.82) is 0 Å². The van der Waals surface area contributed by atoms with Crippen LogP contribution in [-0.4, -0.2) is 37.5 Å². The van der Waals surface area contributed by atoms with Crippen molar-refractivity contribution in [3.8, 4) is 0 Å². The van der Waals surface area contributed by atoms with E-state index < -0.39 is 0 Å². The molecule has 0 atom stereocenters. The molecule has 3 aromatic heterocycles. The maximum absolute atomic E-state index is 13.0. The number of aromatic amines is 2. The molecule has 0 spiro atoms. The number of benzene rings is 1. The Morgan fingerprint density at radius 2 is 2.12 bits per heavy atom. The smallest absolute Gasteiger partial charge is 0.275 e. The third kappa shape index (κ3) is 2.88. The van der Waals surface area contributed by atoms with Crippen LogP contribution in [0.3, 0.4) is 0 Å². The Labute approximate surface area is 152 Å². The first-order valence-corrected chi connectivity index (χ1v) is 9.24. The first-order valence-electron chi connectivity index (χ1n) is 8.36. The highest BCUT2D eigenvalue weighted by molar-refractivity contribution is 7.17. The number of carbonyl (C=O) groups excluding carboxylic acids is 1. The molecule has 3 heterocycles. The van der Waals surface area contributed by atoms with Crippen molar-refractivity contribution in [1.82, 2.24) is 25.1 Å². The van der Waals surface area contributed by atoms with Gasteiger partial charge in [0.05, 0.1) is 17.6 Å². The summed E-state index contributed by atoms with van der Waals surface area (Å²) >= 11 is 1.36. The Morgan fingerprint density at radius 1 is 1.27 bits per heavy atom. The van der Waals surface area contributed by atoms with Crippen LogP contribution in [0.2, 0.25) is 0 Å². The topological polar surface area (TPSA) is 94.7 Å². The molecule has 0 aliphatic heterocycles. The number of hydrogen-bond acceptors (Lipinski definition) is 5. The van der Waals surface area contributed by atoms with Crippen molar-refractivity contribution in [3.05, 3.63) is 57.6 Å². The Bertz CT molecular complexity index is 1140. The van der Waals surface area contributed by atoms with Gasteiger partial charge >= 0.3 is 0 Å². The largest absolute Gasteiger partial charge is 0.330 e. The molecule has 0 unspecified atom stereocenters. The second-order valence-electron chi connectivity index (χ2n) is 5.99. The fourth-order valence-electron chi connectivity index (χ4n) is 2.98. The van der Waals surface area contributed by atoms with Gasteiger partial charge in [-0.25, -0.2) is 4.98 Å². The van der Waals surface area contributed by atoms with Gasteiger partial charge in [0.15, 0.2) is 5.69 Å². The summed E-state index contributed by atoms with van der Waals surface area (Å²) in [6, 6.07) is 9.33. The van der Waals surface area contributed by atoms with Crippen LogP contribution in [0, 0.1) is 0 Å². The molecule has 26 heavy (non-hydrogen) atoms. The van der Waals surface area contributed by atoms with E-state index in [-0.39, 0.29) is 18.0 Å². The highest BCUT2D eigenvalue weighted by atomic mass is 32.1. The Morgan fingerprint density at radius 3 is 2.96 bits per heavy atom. The quantitative estimate of drug-likeness (QED) is 0.567. The van der Waals surface area contributed by atoms with E-state index in [2.05, 4.69) is 20.2 Å². The van der Waals surface area contributed by atoms with E-state index in [0.29, 0.717) is 28.3 Å². The Hall–Kier alpha value is -3.00. The summed E-state index contributed by atoms with van der Waals surface area (Å²) < 4.78 is 0.598. The highest BCUT2D eigenvalue weighted by Crippen LogP contribution is 2.19. The zero-order chi connectivity index (χ0) is 18.1. The number of nitrogens with zero attached hydrogens (tertiary/aromatic N) is 3. The van der Waals surface area contributed by atoms with Crippen molar-refractivity contribution in [2.24, 2.45) is 0 Å². The number of para-hydroxylation sites is 1. The van der Waals surface area contributed by atoms with Crippen molar-refractivity contribution in [2.45, 2.75) is 19.9 Å². The fraction of sp³-hybridized carbons (Fsp3) is 0.222. The SMILES string of the molecule is CCCN(Cc1nc2ccsc2c(=O)[nH]1)C(=O)c1n[nH]c2ccccc12. The minimum Gasteiger partial charge on any atom is -0.330 e. The lowest BCUT2D eigenvalue weighted by Crippen LogP contribution is -2.33. The summed E-state index contributed by atoms with van der Waals surface area (Å²) in [7, 11) is 0. The first kappa shape index (κ1) is 16.5. The van der Waals surface area contributed by atoms with Gasteiger partial charge in [0.1, 0.15) is 10.5 Å². The molecular weight excluding hydrogens is 350 g/mol. The van der Waals surface area contributed by atoms with E-state index in [0.717, 1.165) is 17.3 Å². The minimum atomic E-state index is -0.183. The molecule has 4 rings (SSSR count). The number of hydrogen-bond donors (Lipinski definition) is 2. The summed E-state index contributed by atoms with van der Waals surface area (Å²) in [5.41, 5.74) is 1.68. The number of carbonyl (C=O) groups is 1. The van der Waals surface area contributed by atoms with Crippen LogP contribution in [-0.2, 0) is 6.54 Å². The monoisotopic (exact) mass is 367 g/mol. The number of thiophene rings is 1. The molecule has 0 radical (unpaired) electrons. The van der Waals surface area contributed by atoms with Crippen LogP contribution in [0.15, 0.2) is 40.5 Å². The lowest BCUT2D eigenvalue weighted by Gasteiger charge is -2.20. The standard InChI is InChI=1S/C18H17N5O2S/c1-2-8-23(10-14-19-13-7-9-26-16(13)17(24)20-14)18(25)15-11-5-3-4-6-12(11)21-22-15/h3-7,9H,2,8,10H2,1H3,(H,21,22)(H,19,20,24). The van der Waals surface area contributed by atoms with E-state index >= 15 is 0 Å². The lowest BCUT2D eigenvalue weighted by atomic mass is 10.2. The molecule has 0 bridgehead atoms. The van der Waals surface area contributed by atoms with Crippen molar-refractivity contribution in [3.63, 3.8) is 0 Å². The molecule has 1 amide bonds. The van der Waals surface area contributed by atoms with E-state index in [9.17, 15) is 9.59 Å². The third-order valence-electron chi connectivity index (χ3n) is 4.16. The zero-order valence-corrected chi connectivity index (χ0v) is 15.0. The molecule has 0 fully saturated rings. The van der Waals surface area contributed by atoms with Gasteiger partial charge in [-0.3, -0.25) is 14.7 Å². The molecule has 0 aliphatic carbocycles. The number of fused-ring (bicyclic) bond motifs is 2. The first-order chi connectivity index (χ1) is 12.7. The molecule has 2 N–H and O–H groups in total. The van der Waals surface area contributed by atoms with Gasteiger partial charge in [0.2, 0.25) is 0 Å². The second kappa shape index (κ2) is 6.72. The normalized spacial score (nSPS) is 11.3. The molecule has 7 nitrogen and oxygen atoms in total. The average Bonchev–Trinajstić information content (AvgIpc) is 3.27. The number of rotatable bonds is 5. The molecule has 0 aliphatic rings. The number of amides is 1. The van der Waals surface area contributed by atoms with Crippen LogP contribution in [0.5, 0.6) is 0 Å². The van der Waals surface area contributed by atoms with E-state index in [1.807, 2.05) is 42.6 Å². The molecule has 1 aromatic carbocycles. The predicted octanol–water partition coefficient (Wildman–Crippen LogP) is 2.91. The summed E-state index contributed by atoms with van der Waals surface area (Å²) in [6.07, 6.45) is 0.791. The van der Waals surface area contributed by atoms with Crippen LogP contribution in [0.4, 0.5) is 0 Å². The molecule has 0 saturated heterocycles. The maximum Gasteiger partial charge on any atom is 0.275 e. The Kier molecular flexibility index (Phi) is 4.26. The zero-order valence-electron chi connectivity index (χ0n) is 14.2. The van der Waals surface area contributed by atoms with Gasteiger partial charge in [-0.05, 0) is 23.9 Å². The molecule has 0 saturated carbocycles. The van der Waals surface area contributed by atoms with Gasteiger partial charge in [-0.1, -0.05) is 25.1 Å². The second-order valence-corrected chi connectivity index (χ2v) is 6.91. The van der Waals surface area contributed by atoms with Gasteiger partial charge in [0, 0.05) is 11.9 Å². The fourth-order valence-corrected chi connectivity index (χ4v) is 3.70. The van der Waals surface area contributed by atoms with E-state index in [4.69, 9.17) is 0 Å².